The van der Waals surface area contributed by atoms with Gasteiger partial charge in [-0.05, 0) is 36.8 Å². The Morgan fingerprint density at radius 2 is 1.87 bits per heavy atom. The van der Waals surface area contributed by atoms with E-state index >= 15 is 0 Å². The molecule has 1 aromatic carbocycles. The van der Waals surface area contributed by atoms with E-state index in [1.54, 1.807) is 0 Å². The Labute approximate surface area is 179 Å². The van der Waals surface area contributed by atoms with E-state index in [-0.39, 0.29) is 46.6 Å². The highest BCUT2D eigenvalue weighted by Crippen LogP contribution is 2.69. The monoisotopic (exact) mass is 457 g/mol. The van der Waals surface area contributed by atoms with Crippen LogP contribution in [-0.4, -0.2) is 33.8 Å². The molecule has 3 aliphatic rings. The summed E-state index contributed by atoms with van der Waals surface area (Å²) in [5, 5.41) is 2.82. The molecule has 0 radical (unpaired) electrons. The molecule has 31 heavy (non-hydrogen) atoms. The first-order valence-corrected chi connectivity index (χ1v) is 9.68. The topological polar surface area (TPSA) is 81.2 Å². The number of nitrogens with zero attached hydrogens (tertiary/aromatic N) is 2. The number of Topliss-reactive ketones (excluding diaryl/α,β-unsaturated/α-hetero) is 1. The van der Waals surface area contributed by atoms with E-state index < -0.39 is 23.2 Å². The zero-order valence-electron chi connectivity index (χ0n) is 15.9. The van der Waals surface area contributed by atoms with Crippen LogP contribution in [0.4, 0.5) is 17.6 Å². The number of aromatic nitrogens is 2. The van der Waals surface area contributed by atoms with Crippen molar-refractivity contribution in [3.8, 4) is 5.75 Å². The van der Waals surface area contributed by atoms with E-state index in [1.165, 1.54) is 12.1 Å². The number of amides is 1. The summed E-state index contributed by atoms with van der Waals surface area (Å²) in [5.74, 6) is -1.23. The van der Waals surface area contributed by atoms with E-state index in [1.807, 2.05) is 0 Å². The maximum absolute atomic E-state index is 13.4. The predicted molar refractivity (Wildman–Crippen MR) is 100 cm³/mol. The highest BCUT2D eigenvalue weighted by atomic mass is 35.5. The minimum atomic E-state index is -4.61. The quantitative estimate of drug-likeness (QED) is 0.502. The van der Waals surface area contributed by atoms with E-state index in [2.05, 4.69) is 15.3 Å². The van der Waals surface area contributed by atoms with E-state index in [0.29, 0.717) is 25.5 Å². The van der Waals surface area contributed by atoms with Crippen LogP contribution in [-0.2, 0) is 11.0 Å². The van der Waals surface area contributed by atoms with Crippen LogP contribution in [0.15, 0.2) is 30.6 Å². The number of hydrogen-bond acceptors (Lipinski definition) is 5. The van der Waals surface area contributed by atoms with Gasteiger partial charge >= 0.3 is 6.18 Å². The van der Waals surface area contributed by atoms with Gasteiger partial charge in [0.1, 0.15) is 17.3 Å². The Morgan fingerprint density at radius 3 is 2.45 bits per heavy atom. The molecular weight excluding hydrogens is 442 g/mol. The number of carbonyl (C=O) groups is 2. The normalized spacial score (nSPS) is 24.0. The fraction of sp³-hybridized carbons (Fsp3) is 0.400. The molecule has 1 heterocycles. The van der Waals surface area contributed by atoms with Crippen LogP contribution < -0.4 is 10.1 Å². The van der Waals surface area contributed by atoms with Gasteiger partial charge in [-0.25, -0.2) is 14.4 Å². The number of alkyl halides is 3. The molecule has 1 N–H and O–H groups in total. The molecule has 0 spiro atoms. The number of ether oxygens (including phenoxy) is 1. The van der Waals surface area contributed by atoms with E-state index in [4.69, 9.17) is 16.3 Å². The molecular formula is C20H16ClF4N3O3. The van der Waals surface area contributed by atoms with Crippen molar-refractivity contribution in [3.63, 3.8) is 0 Å². The van der Waals surface area contributed by atoms with Crippen molar-refractivity contribution in [3.05, 3.63) is 52.8 Å². The molecule has 5 rings (SSSR count). The van der Waals surface area contributed by atoms with Crippen molar-refractivity contribution < 1.29 is 31.9 Å². The lowest BCUT2D eigenvalue weighted by Crippen LogP contribution is -2.75. The van der Waals surface area contributed by atoms with Crippen LogP contribution in [0.25, 0.3) is 0 Å². The van der Waals surface area contributed by atoms with Gasteiger partial charge < -0.3 is 10.1 Å². The van der Waals surface area contributed by atoms with Crippen molar-refractivity contribution in [1.29, 1.82) is 0 Å². The fourth-order valence-corrected chi connectivity index (χ4v) is 4.53. The Morgan fingerprint density at radius 1 is 1.16 bits per heavy atom. The molecule has 164 valence electrons. The number of benzene rings is 1. The van der Waals surface area contributed by atoms with E-state index in [0.717, 1.165) is 12.3 Å². The maximum atomic E-state index is 13.4. The van der Waals surface area contributed by atoms with Gasteiger partial charge in [0.2, 0.25) is 0 Å². The van der Waals surface area contributed by atoms with Crippen molar-refractivity contribution in [2.45, 2.75) is 37.4 Å². The summed E-state index contributed by atoms with van der Waals surface area (Å²) in [6.07, 6.45) is -1.35. The summed E-state index contributed by atoms with van der Waals surface area (Å²) >= 11 is 5.59. The third kappa shape index (κ3) is 4.34. The molecule has 1 amide bonds. The Bertz CT molecular complexity index is 1020. The molecule has 6 nitrogen and oxygen atoms in total. The fourth-order valence-electron chi connectivity index (χ4n) is 4.42. The van der Waals surface area contributed by atoms with Crippen LogP contribution in [0, 0.1) is 11.2 Å². The van der Waals surface area contributed by atoms with Gasteiger partial charge in [-0.15, -0.1) is 0 Å². The molecule has 0 saturated heterocycles. The molecule has 3 saturated carbocycles. The molecule has 0 atom stereocenters. The zero-order valence-corrected chi connectivity index (χ0v) is 16.7. The summed E-state index contributed by atoms with van der Waals surface area (Å²) < 4.78 is 56.3. The summed E-state index contributed by atoms with van der Waals surface area (Å²) in [7, 11) is 0. The first kappa shape index (κ1) is 21.5. The number of halogens is 5. The van der Waals surface area contributed by atoms with Crippen LogP contribution >= 0.6 is 11.6 Å². The molecule has 0 unspecified atom stereocenters. The van der Waals surface area contributed by atoms with Gasteiger partial charge in [0.05, 0.1) is 17.4 Å². The SMILES string of the molecule is O=C(COc1ccc(Cl)c(F)c1)NC12CC(CC(=O)c3cnc(C(F)(F)F)cn3)(C1)C2. The number of carbonyl (C=O) groups excluding carboxylic acids is 2. The standard InChI is InChI=1S/C20H16ClF4N3O3/c21-12-2-1-11(3-13(12)22)31-7-17(30)28-19-8-18(9-19,10-19)4-15(29)14-5-27-16(6-26-14)20(23,24)25/h1-3,5-6H,4,7-10H2,(H,28,30). The smallest absolute Gasteiger partial charge is 0.434 e. The van der Waals surface area contributed by atoms with E-state index in [9.17, 15) is 27.2 Å². The number of hydrogen-bond donors (Lipinski definition) is 1. The highest BCUT2D eigenvalue weighted by molar-refractivity contribution is 6.30. The van der Waals surface area contributed by atoms with Crippen LogP contribution in [0.5, 0.6) is 5.75 Å². The first-order valence-electron chi connectivity index (χ1n) is 9.31. The van der Waals surface area contributed by atoms with Gasteiger partial charge in [0, 0.05) is 18.0 Å². The zero-order chi connectivity index (χ0) is 22.4. The number of nitrogens with one attached hydrogen (secondary N) is 1. The number of ketones is 1. The Hall–Kier alpha value is -2.75. The van der Waals surface area contributed by atoms with Crippen LogP contribution in [0.3, 0.4) is 0 Å². The Balaban J connectivity index is 1.24. The second-order valence-electron chi connectivity index (χ2n) is 8.11. The minimum absolute atomic E-state index is 0.0483. The molecule has 3 aliphatic carbocycles. The van der Waals surface area contributed by atoms with Gasteiger partial charge in [0.15, 0.2) is 18.1 Å². The van der Waals surface area contributed by atoms with Gasteiger partial charge in [-0.1, -0.05) is 11.6 Å². The van der Waals surface area contributed by atoms with Crippen molar-refractivity contribution in [2.75, 3.05) is 6.61 Å². The second-order valence-corrected chi connectivity index (χ2v) is 8.52. The summed E-state index contributed by atoms with van der Waals surface area (Å²) in [6.45, 7) is -0.296. The summed E-state index contributed by atoms with van der Waals surface area (Å²) in [5.41, 5.74) is -1.95. The van der Waals surface area contributed by atoms with Gasteiger partial charge in [-0.2, -0.15) is 13.2 Å². The van der Waals surface area contributed by atoms with Crippen molar-refractivity contribution in [2.24, 2.45) is 5.41 Å². The lowest BCUT2D eigenvalue weighted by molar-refractivity contribution is -0.164. The summed E-state index contributed by atoms with van der Waals surface area (Å²) in [4.78, 5) is 31.3. The minimum Gasteiger partial charge on any atom is -0.484 e. The average molecular weight is 458 g/mol. The third-order valence-electron chi connectivity index (χ3n) is 5.57. The molecule has 2 bridgehead atoms. The second kappa shape index (κ2) is 7.44. The van der Waals surface area contributed by atoms with Gasteiger partial charge in [-0.3, -0.25) is 9.59 Å². The predicted octanol–water partition coefficient (Wildman–Crippen LogP) is 3.98. The maximum Gasteiger partial charge on any atom is 0.434 e. The van der Waals surface area contributed by atoms with Gasteiger partial charge in [0.25, 0.3) is 5.91 Å². The molecule has 0 aliphatic heterocycles. The lowest BCUT2D eigenvalue weighted by Gasteiger charge is -2.70. The Kier molecular flexibility index (Phi) is 5.15. The molecule has 2 aromatic rings. The highest BCUT2D eigenvalue weighted by Gasteiger charge is 2.68. The number of rotatable bonds is 7. The van der Waals surface area contributed by atoms with Crippen LogP contribution in [0.2, 0.25) is 5.02 Å². The first-order chi connectivity index (χ1) is 14.5. The summed E-state index contributed by atoms with van der Waals surface area (Å²) in [6, 6.07) is 3.86. The molecule has 11 heteroatoms. The van der Waals surface area contributed by atoms with Crippen molar-refractivity contribution in [1.82, 2.24) is 15.3 Å². The molecule has 3 fully saturated rings. The molecule has 1 aromatic heterocycles. The third-order valence-corrected chi connectivity index (χ3v) is 5.88. The van der Waals surface area contributed by atoms with Crippen LogP contribution in [0.1, 0.15) is 41.9 Å². The van der Waals surface area contributed by atoms with Crippen molar-refractivity contribution >= 4 is 23.3 Å². The lowest BCUT2D eigenvalue weighted by atomic mass is 9.38. The average Bonchev–Trinajstić information content (AvgIpc) is 2.65. The largest absolute Gasteiger partial charge is 0.484 e.